The van der Waals surface area contributed by atoms with Crippen LogP contribution in [0.4, 0.5) is 0 Å². The molecule has 1 fully saturated rings. The van der Waals surface area contributed by atoms with E-state index in [4.69, 9.17) is 9.47 Å². The van der Waals surface area contributed by atoms with E-state index in [1.807, 2.05) is 68.4 Å². The summed E-state index contributed by atoms with van der Waals surface area (Å²) < 4.78 is 11.4. The fraction of sp³-hybridized carbons (Fsp3) is 0.409. The van der Waals surface area contributed by atoms with Crippen LogP contribution in [0.1, 0.15) is 30.9 Å². The second-order valence-electron chi connectivity index (χ2n) is 7.01. The van der Waals surface area contributed by atoms with Gasteiger partial charge in [-0.3, -0.25) is 4.79 Å². The van der Waals surface area contributed by atoms with Crippen molar-refractivity contribution in [3.8, 4) is 5.75 Å². The number of nitrogens with one attached hydrogen (secondary N) is 1. The molecule has 4 nitrogen and oxygen atoms in total. The van der Waals surface area contributed by atoms with Crippen molar-refractivity contribution >= 4 is 5.91 Å². The van der Waals surface area contributed by atoms with Crippen LogP contribution in [0.5, 0.6) is 5.75 Å². The maximum Gasteiger partial charge on any atom is 0.231 e. The summed E-state index contributed by atoms with van der Waals surface area (Å²) in [6.07, 6.45) is 1.41. The summed E-state index contributed by atoms with van der Waals surface area (Å²) in [7, 11) is 0. The Kier molecular flexibility index (Phi) is 5.94. The van der Waals surface area contributed by atoms with Crippen LogP contribution in [0.15, 0.2) is 54.6 Å². The zero-order valence-corrected chi connectivity index (χ0v) is 15.5. The number of carbonyl (C=O) groups is 1. The second-order valence-corrected chi connectivity index (χ2v) is 7.01. The Labute approximate surface area is 155 Å². The van der Waals surface area contributed by atoms with Crippen LogP contribution in [0.3, 0.4) is 0 Å². The number of rotatable bonds is 6. The molecule has 0 radical (unpaired) electrons. The molecular weight excluding hydrogens is 326 g/mol. The van der Waals surface area contributed by atoms with Gasteiger partial charge in [0.1, 0.15) is 12.4 Å². The van der Waals surface area contributed by atoms with Crippen molar-refractivity contribution in [1.29, 1.82) is 0 Å². The lowest BCUT2D eigenvalue weighted by Crippen LogP contribution is -2.51. The molecule has 1 amide bonds. The molecule has 1 saturated heterocycles. The monoisotopic (exact) mass is 353 g/mol. The van der Waals surface area contributed by atoms with Gasteiger partial charge in [-0.05, 0) is 43.9 Å². The number of hydrogen-bond donors (Lipinski definition) is 1. The standard InChI is InChI=1S/C22H27NO3/c1-17-8-6-7-11-20(17)26-16-18(2)23-21(24)22(12-14-25-15-13-22)19-9-4-3-5-10-19/h3-11,18H,12-16H2,1-2H3,(H,23,24)/t18-/m1/s1. The Morgan fingerprint density at radius 1 is 1.12 bits per heavy atom. The van der Waals surface area contributed by atoms with Gasteiger partial charge in [-0.1, -0.05) is 48.5 Å². The van der Waals surface area contributed by atoms with Crippen molar-refractivity contribution in [1.82, 2.24) is 5.32 Å². The molecule has 2 aromatic carbocycles. The molecule has 0 aliphatic carbocycles. The van der Waals surface area contributed by atoms with Gasteiger partial charge in [0.15, 0.2) is 0 Å². The third-order valence-corrected chi connectivity index (χ3v) is 5.07. The number of carbonyl (C=O) groups excluding carboxylic acids is 1. The van der Waals surface area contributed by atoms with E-state index in [2.05, 4.69) is 5.32 Å². The van der Waals surface area contributed by atoms with Crippen LogP contribution in [0.2, 0.25) is 0 Å². The topological polar surface area (TPSA) is 47.6 Å². The molecule has 1 heterocycles. The van der Waals surface area contributed by atoms with Crippen LogP contribution in [-0.2, 0) is 14.9 Å². The highest BCUT2D eigenvalue weighted by Crippen LogP contribution is 2.35. The zero-order valence-electron chi connectivity index (χ0n) is 15.5. The first-order chi connectivity index (χ1) is 12.6. The van der Waals surface area contributed by atoms with Gasteiger partial charge in [0.2, 0.25) is 5.91 Å². The molecule has 0 aromatic heterocycles. The van der Waals surface area contributed by atoms with E-state index in [9.17, 15) is 4.79 Å². The molecular formula is C22H27NO3. The molecule has 2 aromatic rings. The highest BCUT2D eigenvalue weighted by molar-refractivity contribution is 5.88. The Morgan fingerprint density at radius 2 is 1.77 bits per heavy atom. The van der Waals surface area contributed by atoms with Gasteiger partial charge in [0, 0.05) is 13.2 Å². The first-order valence-electron chi connectivity index (χ1n) is 9.24. The molecule has 1 atom stereocenters. The summed E-state index contributed by atoms with van der Waals surface area (Å²) in [6.45, 7) is 5.66. The van der Waals surface area contributed by atoms with Crippen molar-refractivity contribution in [3.05, 3.63) is 65.7 Å². The van der Waals surface area contributed by atoms with Crippen LogP contribution >= 0.6 is 0 Å². The molecule has 26 heavy (non-hydrogen) atoms. The Bertz CT molecular complexity index is 723. The van der Waals surface area contributed by atoms with Crippen molar-refractivity contribution < 1.29 is 14.3 Å². The van der Waals surface area contributed by atoms with Crippen LogP contribution < -0.4 is 10.1 Å². The van der Waals surface area contributed by atoms with Gasteiger partial charge >= 0.3 is 0 Å². The summed E-state index contributed by atoms with van der Waals surface area (Å²) >= 11 is 0. The van der Waals surface area contributed by atoms with Crippen LogP contribution in [0.25, 0.3) is 0 Å². The molecule has 0 saturated carbocycles. The van der Waals surface area contributed by atoms with Crippen molar-refractivity contribution in [2.75, 3.05) is 19.8 Å². The molecule has 1 aliphatic heterocycles. The average molecular weight is 353 g/mol. The Hall–Kier alpha value is -2.33. The minimum atomic E-state index is -0.517. The minimum Gasteiger partial charge on any atom is -0.491 e. The van der Waals surface area contributed by atoms with E-state index >= 15 is 0 Å². The number of benzene rings is 2. The fourth-order valence-electron chi connectivity index (χ4n) is 3.46. The van der Waals surface area contributed by atoms with Gasteiger partial charge in [0.05, 0.1) is 11.5 Å². The highest BCUT2D eigenvalue weighted by Gasteiger charge is 2.41. The molecule has 0 bridgehead atoms. The minimum absolute atomic E-state index is 0.0629. The highest BCUT2D eigenvalue weighted by atomic mass is 16.5. The van der Waals surface area contributed by atoms with Crippen molar-refractivity contribution in [2.24, 2.45) is 0 Å². The van der Waals surface area contributed by atoms with Gasteiger partial charge in [-0.25, -0.2) is 0 Å². The maximum absolute atomic E-state index is 13.2. The van der Waals surface area contributed by atoms with E-state index in [1.165, 1.54) is 0 Å². The lowest BCUT2D eigenvalue weighted by Gasteiger charge is -2.37. The predicted molar refractivity (Wildman–Crippen MR) is 102 cm³/mol. The largest absolute Gasteiger partial charge is 0.491 e. The van der Waals surface area contributed by atoms with Crippen molar-refractivity contribution in [2.45, 2.75) is 38.1 Å². The third-order valence-electron chi connectivity index (χ3n) is 5.07. The summed E-state index contributed by atoms with van der Waals surface area (Å²) in [5.41, 5.74) is 1.64. The fourth-order valence-corrected chi connectivity index (χ4v) is 3.46. The molecule has 0 spiro atoms. The Morgan fingerprint density at radius 3 is 2.46 bits per heavy atom. The van der Waals surface area contributed by atoms with E-state index in [0.717, 1.165) is 16.9 Å². The van der Waals surface area contributed by atoms with E-state index in [0.29, 0.717) is 32.7 Å². The Balaban J connectivity index is 1.67. The van der Waals surface area contributed by atoms with E-state index in [-0.39, 0.29) is 11.9 Å². The SMILES string of the molecule is Cc1ccccc1OC[C@@H](C)NC(=O)C1(c2ccccc2)CCOCC1. The summed E-state index contributed by atoms with van der Waals surface area (Å²) in [6, 6.07) is 17.9. The first-order valence-corrected chi connectivity index (χ1v) is 9.24. The van der Waals surface area contributed by atoms with Gasteiger partial charge < -0.3 is 14.8 Å². The summed E-state index contributed by atoms with van der Waals surface area (Å²) in [4.78, 5) is 13.2. The summed E-state index contributed by atoms with van der Waals surface area (Å²) in [5.74, 6) is 0.922. The molecule has 138 valence electrons. The van der Waals surface area contributed by atoms with Gasteiger partial charge in [-0.2, -0.15) is 0 Å². The molecule has 4 heteroatoms. The number of hydrogen-bond acceptors (Lipinski definition) is 3. The predicted octanol–water partition coefficient (Wildman–Crippen LogP) is 3.63. The molecule has 0 unspecified atom stereocenters. The molecule has 1 N–H and O–H groups in total. The molecule has 3 rings (SSSR count). The summed E-state index contributed by atoms with van der Waals surface area (Å²) in [5, 5.41) is 3.16. The third kappa shape index (κ3) is 4.07. The quantitative estimate of drug-likeness (QED) is 0.863. The number of para-hydroxylation sites is 1. The lowest BCUT2D eigenvalue weighted by molar-refractivity contribution is -0.131. The number of amides is 1. The van der Waals surface area contributed by atoms with E-state index in [1.54, 1.807) is 0 Å². The lowest BCUT2D eigenvalue weighted by atomic mass is 9.73. The van der Waals surface area contributed by atoms with E-state index < -0.39 is 5.41 Å². The van der Waals surface area contributed by atoms with Gasteiger partial charge in [0.25, 0.3) is 0 Å². The smallest absolute Gasteiger partial charge is 0.231 e. The maximum atomic E-state index is 13.2. The normalized spacial score (nSPS) is 17.3. The van der Waals surface area contributed by atoms with Crippen LogP contribution in [0, 0.1) is 6.92 Å². The zero-order chi connectivity index (χ0) is 18.4. The van der Waals surface area contributed by atoms with Gasteiger partial charge in [-0.15, -0.1) is 0 Å². The second kappa shape index (κ2) is 8.37. The van der Waals surface area contributed by atoms with Crippen LogP contribution in [-0.4, -0.2) is 31.8 Å². The first kappa shape index (κ1) is 18.5. The molecule has 1 aliphatic rings. The average Bonchev–Trinajstić information content (AvgIpc) is 2.68. The number of aryl methyl sites for hydroxylation is 1. The number of ether oxygens (including phenoxy) is 2. The van der Waals surface area contributed by atoms with Crippen molar-refractivity contribution in [3.63, 3.8) is 0 Å².